The van der Waals surface area contributed by atoms with Crippen molar-refractivity contribution in [2.45, 2.75) is 31.4 Å². The van der Waals surface area contributed by atoms with Crippen molar-refractivity contribution >= 4 is 0 Å². The summed E-state index contributed by atoms with van der Waals surface area (Å²) in [5.74, 6) is 0.816. The normalized spacial score (nSPS) is 19.3. The highest BCUT2D eigenvalue weighted by molar-refractivity contribution is 5.05. The number of nitrogens with zero attached hydrogens (tertiary/aromatic N) is 4. The van der Waals surface area contributed by atoms with Gasteiger partial charge in [0.25, 0.3) is 0 Å². The standard InChI is InChI=1S/C8H15N5O/c1-14-8(3-2-4-8)7-10-11-12-13(7)6-5-9/h2-6,9H2,1H3. The van der Waals surface area contributed by atoms with E-state index in [0.717, 1.165) is 18.7 Å². The fourth-order valence-electron chi connectivity index (χ4n) is 1.82. The summed E-state index contributed by atoms with van der Waals surface area (Å²) in [6, 6.07) is 0. The Labute approximate surface area is 82.4 Å². The van der Waals surface area contributed by atoms with Crippen molar-refractivity contribution in [1.82, 2.24) is 20.2 Å². The molecular formula is C8H15N5O. The molecule has 1 aliphatic rings. The van der Waals surface area contributed by atoms with E-state index in [1.807, 2.05) is 0 Å². The lowest BCUT2D eigenvalue weighted by Crippen LogP contribution is -2.39. The molecule has 1 heterocycles. The number of hydrogen-bond donors (Lipinski definition) is 1. The predicted octanol–water partition coefficient (Wildman–Crippen LogP) is -0.343. The third kappa shape index (κ3) is 1.31. The second-order valence-electron chi connectivity index (χ2n) is 3.57. The number of nitrogens with two attached hydrogens (primary N) is 1. The molecule has 2 rings (SSSR count). The lowest BCUT2D eigenvalue weighted by atomic mass is 9.79. The smallest absolute Gasteiger partial charge is 0.183 e. The minimum absolute atomic E-state index is 0.251. The van der Waals surface area contributed by atoms with E-state index < -0.39 is 0 Å². The number of hydrogen-bond acceptors (Lipinski definition) is 5. The Morgan fingerprint density at radius 2 is 2.36 bits per heavy atom. The zero-order valence-electron chi connectivity index (χ0n) is 8.31. The van der Waals surface area contributed by atoms with Crippen molar-refractivity contribution in [3.63, 3.8) is 0 Å². The maximum Gasteiger partial charge on any atom is 0.183 e. The Hall–Kier alpha value is -1.01. The zero-order valence-corrected chi connectivity index (χ0v) is 8.31. The molecule has 0 amide bonds. The first-order chi connectivity index (χ1) is 6.82. The van der Waals surface area contributed by atoms with Gasteiger partial charge in [-0.05, 0) is 29.7 Å². The van der Waals surface area contributed by atoms with E-state index in [9.17, 15) is 0 Å². The Morgan fingerprint density at radius 3 is 2.86 bits per heavy atom. The first-order valence-corrected chi connectivity index (χ1v) is 4.84. The van der Waals surface area contributed by atoms with Gasteiger partial charge in [-0.2, -0.15) is 0 Å². The Bertz CT molecular complexity index is 301. The van der Waals surface area contributed by atoms with E-state index in [4.69, 9.17) is 10.5 Å². The molecule has 0 saturated heterocycles. The molecule has 1 aromatic heterocycles. The molecule has 2 N–H and O–H groups in total. The van der Waals surface area contributed by atoms with Crippen LogP contribution >= 0.6 is 0 Å². The quantitative estimate of drug-likeness (QED) is 0.714. The summed E-state index contributed by atoms with van der Waals surface area (Å²) in [6.45, 7) is 1.19. The molecule has 0 aromatic carbocycles. The summed E-state index contributed by atoms with van der Waals surface area (Å²) in [5.41, 5.74) is 5.22. The first-order valence-electron chi connectivity index (χ1n) is 4.84. The number of rotatable bonds is 4. The van der Waals surface area contributed by atoms with Gasteiger partial charge in [-0.25, -0.2) is 4.68 Å². The average molecular weight is 197 g/mol. The highest BCUT2D eigenvalue weighted by atomic mass is 16.5. The number of ether oxygens (including phenoxy) is 1. The van der Waals surface area contributed by atoms with E-state index in [0.29, 0.717) is 13.1 Å². The Morgan fingerprint density at radius 1 is 1.57 bits per heavy atom. The van der Waals surface area contributed by atoms with E-state index in [-0.39, 0.29) is 5.60 Å². The molecule has 0 spiro atoms. The topological polar surface area (TPSA) is 78.9 Å². The first kappa shape index (κ1) is 9.54. The molecule has 0 aliphatic heterocycles. The molecule has 14 heavy (non-hydrogen) atoms. The van der Waals surface area contributed by atoms with Crippen LogP contribution in [0.15, 0.2) is 0 Å². The molecule has 0 bridgehead atoms. The van der Waals surface area contributed by atoms with E-state index >= 15 is 0 Å². The maximum absolute atomic E-state index is 5.50. The van der Waals surface area contributed by atoms with Crippen molar-refractivity contribution in [3.8, 4) is 0 Å². The fraction of sp³-hybridized carbons (Fsp3) is 0.875. The molecule has 1 fully saturated rings. The molecule has 6 nitrogen and oxygen atoms in total. The van der Waals surface area contributed by atoms with E-state index in [2.05, 4.69) is 15.5 Å². The van der Waals surface area contributed by atoms with Crippen LogP contribution in [0, 0.1) is 0 Å². The van der Waals surface area contributed by atoms with Gasteiger partial charge in [0.1, 0.15) is 5.60 Å². The Balaban J connectivity index is 2.25. The molecule has 0 radical (unpaired) electrons. The second-order valence-corrected chi connectivity index (χ2v) is 3.57. The van der Waals surface area contributed by atoms with Gasteiger partial charge >= 0.3 is 0 Å². The molecule has 78 valence electrons. The number of aromatic nitrogens is 4. The van der Waals surface area contributed by atoms with Crippen LogP contribution in [0.3, 0.4) is 0 Å². The summed E-state index contributed by atoms with van der Waals surface area (Å²) < 4.78 is 7.24. The number of tetrazole rings is 1. The maximum atomic E-state index is 5.50. The third-order valence-corrected chi connectivity index (χ3v) is 2.83. The van der Waals surface area contributed by atoms with E-state index in [1.54, 1.807) is 11.8 Å². The molecule has 1 saturated carbocycles. The van der Waals surface area contributed by atoms with Crippen LogP contribution in [-0.4, -0.2) is 33.9 Å². The van der Waals surface area contributed by atoms with Gasteiger partial charge in [-0.1, -0.05) is 0 Å². The molecule has 1 aromatic rings. The SMILES string of the molecule is COC1(c2nnnn2CCN)CCC1. The van der Waals surface area contributed by atoms with Gasteiger partial charge < -0.3 is 10.5 Å². The van der Waals surface area contributed by atoms with Crippen molar-refractivity contribution in [2.75, 3.05) is 13.7 Å². The summed E-state index contributed by atoms with van der Waals surface area (Å²) in [5, 5.41) is 11.6. The molecule has 0 unspecified atom stereocenters. The minimum atomic E-state index is -0.251. The van der Waals surface area contributed by atoms with Crippen LogP contribution in [-0.2, 0) is 16.9 Å². The molecular weight excluding hydrogens is 182 g/mol. The fourth-order valence-corrected chi connectivity index (χ4v) is 1.82. The van der Waals surface area contributed by atoms with Crippen LogP contribution < -0.4 is 5.73 Å². The monoisotopic (exact) mass is 197 g/mol. The van der Waals surface area contributed by atoms with Gasteiger partial charge in [-0.15, -0.1) is 5.10 Å². The Kier molecular flexibility index (Phi) is 2.47. The largest absolute Gasteiger partial charge is 0.370 e. The summed E-state index contributed by atoms with van der Waals surface area (Å²) in [7, 11) is 1.71. The number of methoxy groups -OCH3 is 1. The second kappa shape index (κ2) is 3.62. The van der Waals surface area contributed by atoms with Crippen molar-refractivity contribution in [1.29, 1.82) is 0 Å². The van der Waals surface area contributed by atoms with Crippen LogP contribution in [0.1, 0.15) is 25.1 Å². The van der Waals surface area contributed by atoms with Crippen LogP contribution in [0.5, 0.6) is 0 Å². The van der Waals surface area contributed by atoms with Crippen molar-refractivity contribution < 1.29 is 4.74 Å². The van der Waals surface area contributed by atoms with Gasteiger partial charge in [0.15, 0.2) is 5.82 Å². The molecule has 1 aliphatic carbocycles. The average Bonchev–Trinajstić information content (AvgIpc) is 2.54. The zero-order chi connectivity index (χ0) is 10.0. The van der Waals surface area contributed by atoms with Crippen LogP contribution in [0.2, 0.25) is 0 Å². The predicted molar refractivity (Wildman–Crippen MR) is 49.4 cm³/mol. The minimum Gasteiger partial charge on any atom is -0.370 e. The highest BCUT2D eigenvalue weighted by Crippen LogP contribution is 2.42. The lowest BCUT2D eigenvalue weighted by Gasteiger charge is -2.38. The highest BCUT2D eigenvalue weighted by Gasteiger charge is 2.43. The van der Waals surface area contributed by atoms with Crippen LogP contribution in [0.4, 0.5) is 0 Å². The third-order valence-electron chi connectivity index (χ3n) is 2.83. The molecule has 0 atom stereocenters. The summed E-state index contributed by atoms with van der Waals surface area (Å²) in [4.78, 5) is 0. The lowest BCUT2D eigenvalue weighted by molar-refractivity contribution is -0.0876. The summed E-state index contributed by atoms with van der Waals surface area (Å²) >= 11 is 0. The van der Waals surface area contributed by atoms with Crippen molar-refractivity contribution in [2.24, 2.45) is 5.73 Å². The van der Waals surface area contributed by atoms with Crippen molar-refractivity contribution in [3.05, 3.63) is 5.82 Å². The van der Waals surface area contributed by atoms with Gasteiger partial charge in [0, 0.05) is 13.7 Å². The molecule has 6 heteroatoms. The van der Waals surface area contributed by atoms with Gasteiger partial charge in [0.2, 0.25) is 0 Å². The summed E-state index contributed by atoms with van der Waals surface area (Å²) in [6.07, 6.45) is 3.16. The van der Waals surface area contributed by atoms with Crippen LogP contribution in [0.25, 0.3) is 0 Å². The van der Waals surface area contributed by atoms with Gasteiger partial charge in [0.05, 0.1) is 6.54 Å². The van der Waals surface area contributed by atoms with E-state index in [1.165, 1.54) is 6.42 Å². The van der Waals surface area contributed by atoms with Gasteiger partial charge in [-0.3, -0.25) is 0 Å².